The van der Waals surface area contributed by atoms with Crippen molar-refractivity contribution in [1.29, 1.82) is 0 Å². The first-order valence-electron chi connectivity index (χ1n) is 19.3. The lowest BCUT2D eigenvalue weighted by atomic mass is 9.82. The number of rotatable bonds is 5. The second kappa shape index (κ2) is 12.6. The maximum atomic E-state index is 5.54. The quantitative estimate of drug-likeness (QED) is 0.179. The van der Waals surface area contributed by atoms with Crippen molar-refractivity contribution in [3.8, 4) is 16.8 Å². The summed E-state index contributed by atoms with van der Waals surface area (Å²) >= 11 is 0. The second-order valence-corrected chi connectivity index (χ2v) is 15.6. The van der Waals surface area contributed by atoms with Crippen LogP contribution in [0.25, 0.3) is 38.6 Å². The molecule has 0 saturated carbocycles. The topological polar surface area (TPSA) is 27.0 Å². The van der Waals surface area contributed by atoms with Crippen LogP contribution in [0.2, 0.25) is 0 Å². The zero-order valence-electron chi connectivity index (χ0n) is 31.4. The molecule has 2 aliphatic heterocycles. The lowest BCUT2D eigenvalue weighted by Gasteiger charge is -2.54. The Balaban J connectivity index is 1.04. The molecule has 10 rings (SSSR count). The first-order chi connectivity index (χ1) is 26.4. The highest BCUT2D eigenvalue weighted by Crippen LogP contribution is 2.52. The Bertz CT molecular complexity index is 2530. The Hall–Kier alpha value is -5.91. The Morgan fingerprint density at radius 3 is 2.15 bits per heavy atom. The van der Waals surface area contributed by atoms with Gasteiger partial charge in [-0.1, -0.05) is 140 Å². The summed E-state index contributed by atoms with van der Waals surface area (Å²) in [4.78, 5) is 13.2. The summed E-state index contributed by atoms with van der Waals surface area (Å²) in [6.45, 7) is 4.77. The number of nitrogens with zero attached hydrogens (tertiary/aromatic N) is 5. The van der Waals surface area contributed by atoms with Gasteiger partial charge < -0.3 is 14.4 Å². The minimum atomic E-state index is -0.171. The minimum Gasteiger partial charge on any atom is -0.332 e. The molecular weight excluding hydrogens is 659 g/mol. The Morgan fingerprint density at radius 2 is 1.41 bits per heavy atom. The van der Waals surface area contributed by atoms with Gasteiger partial charge in [0, 0.05) is 34.8 Å². The minimum absolute atomic E-state index is 0.0450. The van der Waals surface area contributed by atoms with Gasteiger partial charge >= 0.3 is 0 Å². The molecule has 6 aromatic rings. The number of fused-ring (bicyclic) bond motifs is 5. The van der Waals surface area contributed by atoms with Gasteiger partial charge in [0.2, 0.25) is 0 Å². The summed E-state index contributed by atoms with van der Waals surface area (Å²) in [5, 5.41) is 2.55. The van der Waals surface area contributed by atoms with E-state index in [2.05, 4.69) is 205 Å². The van der Waals surface area contributed by atoms with Gasteiger partial charge in [0.05, 0.1) is 16.6 Å². The molecule has 266 valence electrons. The Kier molecular flexibility index (Phi) is 7.64. The standard InChI is InChI=1S/C49H45N5/c1-33-24-29-41-42-21-12-13-30-49(42,2)54(45(41)31-33)48-51(3)46(35-15-6-5-7-16-35)50-47(52(48)4)36-27-25-34(26-28-36)37-17-14-18-38(32-37)53-43-22-10-8-19-39(43)40-20-9-11-23-44(40)53/h5-29,32-33,47-48H,30-31H2,1-4H3. The van der Waals surface area contributed by atoms with Gasteiger partial charge in [-0.05, 0) is 84.8 Å². The average Bonchev–Trinajstić information content (AvgIpc) is 3.67. The molecule has 0 fully saturated rings. The third-order valence-electron chi connectivity index (χ3n) is 12.2. The highest BCUT2D eigenvalue weighted by Gasteiger charge is 2.52. The molecule has 5 nitrogen and oxygen atoms in total. The molecule has 0 radical (unpaired) electrons. The molecule has 4 aliphatic rings. The van der Waals surface area contributed by atoms with E-state index in [0.29, 0.717) is 5.92 Å². The molecule has 1 aromatic heterocycles. The van der Waals surface area contributed by atoms with Crippen LogP contribution in [0.5, 0.6) is 0 Å². The SMILES string of the molecule is CC1C=CC2=C(C1)N(C1N(C)C(c3ccccc3)=NC(c3ccc(-c4cccc(-n5c6ccccc6c6ccccc65)c4)cc3)N1C)C1(C)CC=CC=C21. The van der Waals surface area contributed by atoms with E-state index < -0.39 is 0 Å². The summed E-state index contributed by atoms with van der Waals surface area (Å²) < 4.78 is 2.39. The summed E-state index contributed by atoms with van der Waals surface area (Å²) in [5.41, 5.74) is 12.4. The smallest absolute Gasteiger partial charge is 0.163 e. The summed E-state index contributed by atoms with van der Waals surface area (Å²) in [7, 11) is 4.48. The van der Waals surface area contributed by atoms with Crippen molar-refractivity contribution < 1.29 is 0 Å². The number of hydrogen-bond donors (Lipinski definition) is 0. The van der Waals surface area contributed by atoms with Crippen LogP contribution in [0.3, 0.4) is 0 Å². The second-order valence-electron chi connectivity index (χ2n) is 15.6. The van der Waals surface area contributed by atoms with Crippen molar-refractivity contribution in [3.63, 3.8) is 0 Å². The van der Waals surface area contributed by atoms with E-state index in [9.17, 15) is 0 Å². The van der Waals surface area contributed by atoms with Crippen LogP contribution in [0.1, 0.15) is 44.0 Å². The zero-order chi connectivity index (χ0) is 36.6. The maximum absolute atomic E-state index is 5.54. The van der Waals surface area contributed by atoms with E-state index in [1.165, 1.54) is 55.3 Å². The van der Waals surface area contributed by atoms with Crippen LogP contribution in [0.4, 0.5) is 0 Å². The van der Waals surface area contributed by atoms with Crippen LogP contribution in [0.15, 0.2) is 180 Å². The van der Waals surface area contributed by atoms with Crippen LogP contribution < -0.4 is 0 Å². The molecule has 5 aromatic carbocycles. The number of aliphatic imine (C=N–C) groups is 1. The molecule has 0 N–H and O–H groups in total. The zero-order valence-corrected chi connectivity index (χ0v) is 31.4. The van der Waals surface area contributed by atoms with Gasteiger partial charge in [0.15, 0.2) is 6.29 Å². The molecule has 5 heteroatoms. The summed E-state index contributed by atoms with van der Waals surface area (Å²) in [5.74, 6) is 1.50. The first kappa shape index (κ1) is 32.7. The number of para-hydroxylation sites is 2. The molecule has 0 saturated heterocycles. The summed E-state index contributed by atoms with van der Waals surface area (Å²) in [6, 6.07) is 46.2. The highest BCUT2D eigenvalue weighted by molar-refractivity contribution is 6.09. The van der Waals surface area contributed by atoms with E-state index in [1.54, 1.807) is 0 Å². The monoisotopic (exact) mass is 703 g/mol. The molecule has 0 bridgehead atoms. The van der Waals surface area contributed by atoms with Crippen LogP contribution in [-0.2, 0) is 0 Å². The fourth-order valence-corrected chi connectivity index (χ4v) is 9.57. The van der Waals surface area contributed by atoms with Crippen molar-refractivity contribution in [2.75, 3.05) is 14.1 Å². The van der Waals surface area contributed by atoms with Crippen molar-refractivity contribution in [2.24, 2.45) is 10.9 Å². The Morgan fingerprint density at radius 1 is 0.722 bits per heavy atom. The number of hydrogen-bond acceptors (Lipinski definition) is 4. The van der Waals surface area contributed by atoms with Gasteiger partial charge in [-0.2, -0.15) is 0 Å². The van der Waals surface area contributed by atoms with Gasteiger partial charge in [-0.3, -0.25) is 0 Å². The number of allylic oxidation sites excluding steroid dienone is 5. The van der Waals surface area contributed by atoms with E-state index in [1.807, 2.05) is 0 Å². The molecule has 0 spiro atoms. The van der Waals surface area contributed by atoms with Crippen molar-refractivity contribution in [1.82, 2.24) is 19.3 Å². The fourth-order valence-electron chi connectivity index (χ4n) is 9.57. The Labute approximate surface area is 318 Å². The fraction of sp³-hybridized carbons (Fsp3) is 0.204. The lowest BCUT2D eigenvalue weighted by molar-refractivity contribution is -0.0638. The molecule has 2 aliphatic carbocycles. The van der Waals surface area contributed by atoms with E-state index in [4.69, 9.17) is 4.99 Å². The van der Waals surface area contributed by atoms with E-state index in [0.717, 1.165) is 29.9 Å². The van der Waals surface area contributed by atoms with E-state index >= 15 is 0 Å². The predicted molar refractivity (Wildman–Crippen MR) is 223 cm³/mol. The van der Waals surface area contributed by atoms with Gasteiger partial charge in [0.1, 0.15) is 12.0 Å². The maximum Gasteiger partial charge on any atom is 0.163 e. The normalized spacial score (nSPS) is 23.9. The van der Waals surface area contributed by atoms with Crippen LogP contribution in [0, 0.1) is 5.92 Å². The lowest BCUT2D eigenvalue weighted by Crippen LogP contribution is -2.64. The van der Waals surface area contributed by atoms with Crippen molar-refractivity contribution in [2.45, 2.75) is 44.7 Å². The van der Waals surface area contributed by atoms with Crippen molar-refractivity contribution in [3.05, 3.63) is 186 Å². The number of amidine groups is 1. The first-order valence-corrected chi connectivity index (χ1v) is 19.3. The molecule has 4 atom stereocenters. The molecule has 4 unspecified atom stereocenters. The number of aromatic nitrogens is 1. The highest BCUT2D eigenvalue weighted by atomic mass is 15.6. The van der Waals surface area contributed by atoms with Gasteiger partial charge in [0.25, 0.3) is 0 Å². The largest absolute Gasteiger partial charge is 0.332 e. The van der Waals surface area contributed by atoms with Gasteiger partial charge in [-0.25, -0.2) is 9.89 Å². The van der Waals surface area contributed by atoms with Gasteiger partial charge in [-0.15, -0.1) is 0 Å². The van der Waals surface area contributed by atoms with E-state index in [-0.39, 0.29) is 18.0 Å². The molecule has 54 heavy (non-hydrogen) atoms. The predicted octanol–water partition coefficient (Wildman–Crippen LogP) is 10.9. The molecule has 3 heterocycles. The molecular formula is C49H45N5. The average molecular weight is 704 g/mol. The van der Waals surface area contributed by atoms with Crippen LogP contribution >= 0.6 is 0 Å². The third kappa shape index (κ3) is 4.99. The summed E-state index contributed by atoms with van der Waals surface area (Å²) in [6.07, 6.45) is 13.5. The molecule has 0 amide bonds. The third-order valence-corrected chi connectivity index (χ3v) is 12.2. The van der Waals surface area contributed by atoms with Crippen molar-refractivity contribution >= 4 is 27.6 Å². The van der Waals surface area contributed by atoms with Crippen LogP contribution in [-0.4, -0.2) is 51.0 Å². The number of benzene rings is 5.